The second kappa shape index (κ2) is 8.68. The fraction of sp³-hybridized carbons (Fsp3) is 0.111. The van der Waals surface area contributed by atoms with E-state index in [1.165, 1.54) is 28.5 Å². The molecule has 1 nitrogen and oxygen atoms in total. The van der Waals surface area contributed by atoms with E-state index in [1.807, 2.05) is 30.3 Å². The van der Waals surface area contributed by atoms with Gasteiger partial charge in [0.05, 0.1) is 0 Å². The van der Waals surface area contributed by atoms with Crippen molar-refractivity contribution >= 4 is 10.8 Å². The summed E-state index contributed by atoms with van der Waals surface area (Å²) in [5.41, 5.74) is 5.27. The number of aryl methyl sites for hydroxylation is 1. The van der Waals surface area contributed by atoms with Gasteiger partial charge in [-0.1, -0.05) is 78.9 Å². The van der Waals surface area contributed by atoms with Gasteiger partial charge >= 0.3 is 6.36 Å². The van der Waals surface area contributed by atoms with Crippen molar-refractivity contribution in [3.63, 3.8) is 0 Å². The van der Waals surface area contributed by atoms with E-state index in [9.17, 15) is 13.2 Å². The first-order chi connectivity index (χ1) is 14.9. The van der Waals surface area contributed by atoms with Crippen molar-refractivity contribution < 1.29 is 17.9 Å². The van der Waals surface area contributed by atoms with Crippen LogP contribution in [0.5, 0.6) is 5.75 Å². The summed E-state index contributed by atoms with van der Waals surface area (Å²) in [5, 5.41) is 2.38. The van der Waals surface area contributed by atoms with Crippen LogP contribution in [0.4, 0.5) is 13.2 Å². The van der Waals surface area contributed by atoms with Gasteiger partial charge in [-0.3, -0.25) is 0 Å². The Balaban J connectivity index is 1.59. The number of fused-ring (bicyclic) bond motifs is 1. The Morgan fingerprint density at radius 2 is 1.42 bits per heavy atom. The molecule has 0 unspecified atom stereocenters. The van der Waals surface area contributed by atoms with Crippen LogP contribution < -0.4 is 4.74 Å². The molecule has 0 amide bonds. The van der Waals surface area contributed by atoms with Crippen molar-refractivity contribution in [1.29, 1.82) is 0 Å². The van der Waals surface area contributed by atoms with Gasteiger partial charge < -0.3 is 4.74 Å². The summed E-state index contributed by atoms with van der Waals surface area (Å²) in [6.45, 7) is 3.79. The molecule has 0 heterocycles. The molecule has 0 fully saturated rings. The molecule has 0 saturated heterocycles. The van der Waals surface area contributed by atoms with Crippen molar-refractivity contribution in [2.75, 3.05) is 0 Å². The number of benzene rings is 4. The fourth-order valence-electron chi connectivity index (χ4n) is 3.70. The number of hydrogen-bond acceptors (Lipinski definition) is 1. The molecule has 0 N–H and O–H groups in total. The molecule has 4 rings (SSSR count). The average Bonchev–Trinajstić information content (AvgIpc) is 2.77. The summed E-state index contributed by atoms with van der Waals surface area (Å²) < 4.78 is 40.9. The van der Waals surface area contributed by atoms with Crippen molar-refractivity contribution in [2.24, 2.45) is 0 Å². The fourth-order valence-corrected chi connectivity index (χ4v) is 3.70. The molecule has 4 heteroatoms. The van der Waals surface area contributed by atoms with Gasteiger partial charge in [-0.15, -0.1) is 19.8 Å². The van der Waals surface area contributed by atoms with E-state index in [1.54, 1.807) is 12.1 Å². The molecule has 0 atom stereocenters. The van der Waals surface area contributed by atoms with Gasteiger partial charge in [-0.05, 0) is 63.6 Å². The van der Waals surface area contributed by atoms with Crippen LogP contribution in [0.15, 0.2) is 97.6 Å². The molecule has 31 heavy (non-hydrogen) atoms. The molecule has 0 aliphatic rings. The van der Waals surface area contributed by atoms with Crippen molar-refractivity contribution in [1.82, 2.24) is 0 Å². The van der Waals surface area contributed by atoms with Crippen molar-refractivity contribution in [3.8, 4) is 28.0 Å². The SMILES string of the molecule is C=CCCc1ccc2c(-c3ccc(-c4ccc(OC(F)(F)F)cc4)cc3)cccc2c1. The normalized spacial score (nSPS) is 11.5. The van der Waals surface area contributed by atoms with Gasteiger partial charge in [0.25, 0.3) is 0 Å². The summed E-state index contributed by atoms with van der Waals surface area (Å²) in [5.74, 6) is -0.226. The summed E-state index contributed by atoms with van der Waals surface area (Å²) >= 11 is 0. The largest absolute Gasteiger partial charge is 0.573 e. The zero-order valence-electron chi connectivity index (χ0n) is 16.8. The predicted octanol–water partition coefficient (Wildman–Crippen LogP) is 8.19. The molecule has 4 aromatic carbocycles. The Labute approximate surface area is 179 Å². The van der Waals surface area contributed by atoms with Gasteiger partial charge in [0, 0.05) is 0 Å². The summed E-state index contributed by atoms with van der Waals surface area (Å²) in [7, 11) is 0. The minimum Gasteiger partial charge on any atom is -0.406 e. The van der Waals surface area contributed by atoms with Crippen LogP contribution >= 0.6 is 0 Å². The van der Waals surface area contributed by atoms with E-state index in [0.717, 1.165) is 35.1 Å². The molecule has 0 radical (unpaired) electrons. The predicted molar refractivity (Wildman–Crippen MR) is 120 cm³/mol. The van der Waals surface area contributed by atoms with Crippen LogP contribution in [0.1, 0.15) is 12.0 Å². The minimum absolute atomic E-state index is 0.226. The van der Waals surface area contributed by atoms with Crippen LogP contribution in [0, 0.1) is 0 Å². The zero-order valence-corrected chi connectivity index (χ0v) is 16.8. The first kappa shape index (κ1) is 20.7. The smallest absolute Gasteiger partial charge is 0.406 e. The molecule has 156 valence electrons. The van der Waals surface area contributed by atoms with Crippen LogP contribution in [0.25, 0.3) is 33.0 Å². The zero-order chi connectivity index (χ0) is 21.8. The van der Waals surface area contributed by atoms with Gasteiger partial charge in [0.2, 0.25) is 0 Å². The maximum absolute atomic E-state index is 12.3. The third-order valence-electron chi connectivity index (χ3n) is 5.20. The first-order valence-corrected chi connectivity index (χ1v) is 10.0. The third kappa shape index (κ3) is 4.97. The van der Waals surface area contributed by atoms with Gasteiger partial charge in [0.1, 0.15) is 5.75 Å². The summed E-state index contributed by atoms with van der Waals surface area (Å²) in [6, 6.07) is 26.8. The maximum atomic E-state index is 12.3. The second-order valence-corrected chi connectivity index (χ2v) is 7.34. The second-order valence-electron chi connectivity index (χ2n) is 7.34. The quantitative estimate of drug-likeness (QED) is 0.287. The molecule has 0 aliphatic heterocycles. The molecule has 4 aromatic rings. The Kier molecular flexibility index (Phi) is 5.81. The van der Waals surface area contributed by atoms with E-state index >= 15 is 0 Å². The van der Waals surface area contributed by atoms with Crippen molar-refractivity contribution in [2.45, 2.75) is 19.2 Å². The van der Waals surface area contributed by atoms with Gasteiger partial charge in [-0.2, -0.15) is 0 Å². The van der Waals surface area contributed by atoms with E-state index in [4.69, 9.17) is 0 Å². The maximum Gasteiger partial charge on any atom is 0.573 e. The van der Waals surface area contributed by atoms with Crippen molar-refractivity contribution in [3.05, 3.63) is 103 Å². The highest BCUT2D eigenvalue weighted by Gasteiger charge is 2.30. The number of hydrogen-bond donors (Lipinski definition) is 0. The third-order valence-corrected chi connectivity index (χ3v) is 5.20. The lowest BCUT2D eigenvalue weighted by molar-refractivity contribution is -0.274. The Morgan fingerprint density at radius 3 is 2.06 bits per heavy atom. The number of alkyl halides is 3. The average molecular weight is 418 g/mol. The van der Waals surface area contributed by atoms with Crippen LogP contribution in [-0.2, 0) is 6.42 Å². The topological polar surface area (TPSA) is 9.23 Å². The van der Waals surface area contributed by atoms with Crippen LogP contribution in [-0.4, -0.2) is 6.36 Å². The minimum atomic E-state index is -4.69. The lowest BCUT2D eigenvalue weighted by Crippen LogP contribution is -2.16. The number of ether oxygens (including phenoxy) is 1. The summed E-state index contributed by atoms with van der Waals surface area (Å²) in [4.78, 5) is 0. The molecule has 0 spiro atoms. The monoisotopic (exact) mass is 418 g/mol. The lowest BCUT2D eigenvalue weighted by atomic mass is 9.94. The van der Waals surface area contributed by atoms with E-state index < -0.39 is 6.36 Å². The molecule has 0 aliphatic carbocycles. The first-order valence-electron chi connectivity index (χ1n) is 10.0. The summed E-state index contributed by atoms with van der Waals surface area (Å²) in [6.07, 6.45) is -0.825. The Hall–Kier alpha value is -3.53. The molecular weight excluding hydrogens is 397 g/mol. The van der Waals surface area contributed by atoms with Gasteiger partial charge in [-0.25, -0.2) is 0 Å². The molecular formula is C27H21F3O. The standard InChI is InChI=1S/C27H21F3O/c1-2-3-5-19-8-17-26-23(18-19)6-4-7-25(26)22-11-9-20(10-12-22)21-13-15-24(16-14-21)31-27(28,29)30/h2,4,6-18H,1,3,5H2. The van der Waals surface area contributed by atoms with E-state index in [-0.39, 0.29) is 5.75 Å². The highest BCUT2D eigenvalue weighted by Crippen LogP contribution is 2.32. The number of allylic oxidation sites excluding steroid dienone is 1. The lowest BCUT2D eigenvalue weighted by Gasteiger charge is -2.11. The number of halogens is 3. The van der Waals surface area contributed by atoms with E-state index in [2.05, 4.69) is 47.7 Å². The van der Waals surface area contributed by atoms with Gasteiger partial charge in [0.15, 0.2) is 0 Å². The Bertz CT molecular complexity index is 1190. The van der Waals surface area contributed by atoms with E-state index in [0.29, 0.717) is 0 Å². The van der Waals surface area contributed by atoms with Crippen LogP contribution in [0.2, 0.25) is 0 Å². The molecule has 0 aromatic heterocycles. The highest BCUT2D eigenvalue weighted by atomic mass is 19.4. The van der Waals surface area contributed by atoms with Crippen LogP contribution in [0.3, 0.4) is 0 Å². The molecule has 0 saturated carbocycles. The Morgan fingerprint density at radius 1 is 0.774 bits per heavy atom. The molecule has 0 bridgehead atoms. The highest BCUT2D eigenvalue weighted by molar-refractivity contribution is 5.97. The number of rotatable bonds is 6.